The van der Waals surface area contributed by atoms with Crippen LogP contribution in [0.3, 0.4) is 0 Å². The van der Waals surface area contributed by atoms with Crippen molar-refractivity contribution in [3.8, 4) is 5.88 Å². The van der Waals surface area contributed by atoms with Crippen molar-refractivity contribution < 1.29 is 27.4 Å². The first-order valence-corrected chi connectivity index (χ1v) is 10.5. The van der Waals surface area contributed by atoms with Gasteiger partial charge in [0.05, 0.1) is 11.4 Å². The first kappa shape index (κ1) is 24.1. The fourth-order valence-electron chi connectivity index (χ4n) is 3.38. The molecule has 0 atom stereocenters. The summed E-state index contributed by atoms with van der Waals surface area (Å²) in [5, 5.41) is 14.1. The Labute approximate surface area is 197 Å². The van der Waals surface area contributed by atoms with E-state index in [1.54, 1.807) is 18.2 Å². The van der Waals surface area contributed by atoms with Crippen LogP contribution in [-0.2, 0) is 22.6 Å². The van der Waals surface area contributed by atoms with Crippen molar-refractivity contribution >= 4 is 27.9 Å². The highest BCUT2D eigenvalue weighted by molar-refractivity contribution is 5.98. The maximum absolute atomic E-state index is 12.4. The van der Waals surface area contributed by atoms with Crippen molar-refractivity contribution in [3.05, 3.63) is 65.8 Å². The van der Waals surface area contributed by atoms with Crippen LogP contribution < -0.4 is 10.5 Å². The van der Waals surface area contributed by atoms with E-state index in [2.05, 4.69) is 20.3 Å². The van der Waals surface area contributed by atoms with Gasteiger partial charge in [-0.15, -0.1) is 15.3 Å². The van der Waals surface area contributed by atoms with E-state index in [1.165, 1.54) is 23.9 Å². The van der Waals surface area contributed by atoms with Crippen LogP contribution >= 0.6 is 0 Å². The summed E-state index contributed by atoms with van der Waals surface area (Å²) in [4.78, 5) is 16.1. The molecule has 3 aromatic heterocycles. The summed E-state index contributed by atoms with van der Waals surface area (Å²) in [7, 11) is 1.40. The Kier molecular flexibility index (Phi) is 6.92. The third kappa shape index (κ3) is 5.72. The van der Waals surface area contributed by atoms with E-state index < -0.39 is 12.6 Å². The maximum atomic E-state index is 12.4. The molecule has 0 amide bonds. The van der Waals surface area contributed by atoms with E-state index in [4.69, 9.17) is 15.2 Å². The fraction of sp³-hybridized carbons (Fsp3) is 0.261. The van der Waals surface area contributed by atoms with Crippen LogP contribution in [0.5, 0.6) is 5.88 Å². The zero-order valence-electron chi connectivity index (χ0n) is 18.6. The van der Waals surface area contributed by atoms with Gasteiger partial charge in [0.15, 0.2) is 11.4 Å². The van der Waals surface area contributed by atoms with E-state index in [0.29, 0.717) is 27.7 Å². The van der Waals surface area contributed by atoms with E-state index in [0.717, 1.165) is 0 Å². The molecule has 0 spiro atoms. The number of methoxy groups -OCH3 is 1. The highest BCUT2D eigenvalue weighted by atomic mass is 19.4. The van der Waals surface area contributed by atoms with Gasteiger partial charge in [-0.2, -0.15) is 17.7 Å². The number of hydrogen-bond acceptors (Lipinski definition) is 8. The fourth-order valence-corrected chi connectivity index (χ4v) is 3.38. The van der Waals surface area contributed by atoms with Crippen molar-refractivity contribution in [1.82, 2.24) is 24.8 Å². The molecule has 0 unspecified atom stereocenters. The molecule has 0 bridgehead atoms. The van der Waals surface area contributed by atoms with E-state index in [1.807, 2.05) is 18.2 Å². The van der Waals surface area contributed by atoms with Crippen molar-refractivity contribution in [2.24, 2.45) is 5.73 Å². The molecule has 35 heavy (non-hydrogen) atoms. The van der Waals surface area contributed by atoms with Crippen LogP contribution in [0.15, 0.2) is 48.7 Å². The summed E-state index contributed by atoms with van der Waals surface area (Å²) < 4.78 is 49.4. The van der Waals surface area contributed by atoms with Crippen LogP contribution in [0.25, 0.3) is 22.1 Å². The normalized spacial score (nSPS) is 12.4. The summed E-state index contributed by atoms with van der Waals surface area (Å²) in [6.07, 6.45) is -2.67. The van der Waals surface area contributed by atoms with Crippen LogP contribution in [0, 0.1) is 0 Å². The topological polar surface area (TPSA) is 118 Å². The Morgan fingerprint density at radius 1 is 1.14 bits per heavy atom. The molecule has 0 aliphatic heterocycles. The van der Waals surface area contributed by atoms with Gasteiger partial charge in [-0.3, -0.25) is 9.78 Å². The third-order valence-corrected chi connectivity index (χ3v) is 5.03. The average Bonchev–Trinajstić information content (AvgIpc) is 3.26. The summed E-state index contributed by atoms with van der Waals surface area (Å²) in [6, 6.07) is 10.5. The minimum Gasteiger partial charge on any atom is -0.470 e. The molecule has 0 aliphatic carbocycles. The highest BCUT2D eigenvalue weighted by Crippen LogP contribution is 2.28. The Hall–Kier alpha value is -4.06. The quantitative estimate of drug-likeness (QED) is 0.358. The molecule has 9 nitrogen and oxygen atoms in total. The number of rotatable bonds is 9. The molecule has 0 radical (unpaired) electrons. The Morgan fingerprint density at radius 3 is 2.60 bits per heavy atom. The van der Waals surface area contributed by atoms with Gasteiger partial charge in [-0.1, -0.05) is 24.3 Å². The van der Waals surface area contributed by atoms with Crippen molar-refractivity contribution in [2.45, 2.75) is 25.6 Å². The van der Waals surface area contributed by atoms with Crippen LogP contribution in [0.4, 0.5) is 13.2 Å². The number of hydrogen-bond donors (Lipinski definition) is 1. The number of halogens is 3. The number of benzene rings is 1. The number of aromatic nitrogens is 5. The summed E-state index contributed by atoms with van der Waals surface area (Å²) in [5.41, 5.74) is 7.54. The molecule has 0 saturated carbocycles. The smallest absolute Gasteiger partial charge is 0.389 e. The first-order valence-electron chi connectivity index (χ1n) is 10.5. The number of pyridine rings is 1. The summed E-state index contributed by atoms with van der Waals surface area (Å²) in [5.74, 6) is 0.0593. The van der Waals surface area contributed by atoms with E-state index in [9.17, 15) is 18.0 Å². The maximum Gasteiger partial charge on any atom is 0.389 e. The second-order valence-electron chi connectivity index (χ2n) is 7.67. The van der Waals surface area contributed by atoms with Crippen LogP contribution in [0.2, 0.25) is 0 Å². The zero-order chi connectivity index (χ0) is 25.0. The molecule has 4 rings (SSSR count). The number of ketones is 1. The standard InChI is InChI=1S/C23H21F3N6O3/c1-34-13-16(33)10-19(27)21-30-29-20-17-4-2-3-5-18(17)22(31-32(20)21)35-12-15-7-6-14(11-28-15)8-9-23(24,25)26/h2-7,10-11H,8-9,12-13,27H2,1H3. The lowest BCUT2D eigenvalue weighted by atomic mass is 10.1. The lowest BCUT2D eigenvalue weighted by Crippen LogP contribution is -2.11. The molecular weight excluding hydrogens is 465 g/mol. The zero-order valence-corrected chi connectivity index (χ0v) is 18.6. The lowest BCUT2D eigenvalue weighted by Gasteiger charge is -2.10. The molecule has 0 saturated heterocycles. The Morgan fingerprint density at radius 2 is 1.91 bits per heavy atom. The summed E-state index contributed by atoms with van der Waals surface area (Å²) in [6.45, 7) is -0.110. The van der Waals surface area contributed by atoms with Gasteiger partial charge in [0.1, 0.15) is 13.2 Å². The highest BCUT2D eigenvalue weighted by Gasteiger charge is 2.26. The Bertz CT molecular complexity index is 1380. The van der Waals surface area contributed by atoms with Gasteiger partial charge >= 0.3 is 6.18 Å². The van der Waals surface area contributed by atoms with Gasteiger partial charge in [0.2, 0.25) is 11.7 Å². The predicted octanol–water partition coefficient (Wildman–Crippen LogP) is 3.26. The van der Waals surface area contributed by atoms with E-state index >= 15 is 0 Å². The number of fused-ring (bicyclic) bond motifs is 3. The third-order valence-electron chi connectivity index (χ3n) is 5.03. The lowest BCUT2D eigenvalue weighted by molar-refractivity contribution is -0.134. The second kappa shape index (κ2) is 10.1. The molecule has 182 valence electrons. The molecular formula is C23H21F3N6O3. The number of nitrogens with two attached hydrogens (primary N) is 1. The SMILES string of the molecule is COCC(=O)C=C(N)c1nnc2c3ccccc3c(OCc3ccc(CCC(F)(F)F)cn3)nn12. The van der Waals surface area contributed by atoms with Gasteiger partial charge in [0, 0.05) is 36.6 Å². The molecule has 0 aliphatic rings. The minimum atomic E-state index is -4.22. The second-order valence-corrected chi connectivity index (χ2v) is 7.67. The molecule has 2 N–H and O–H groups in total. The van der Waals surface area contributed by atoms with Crippen molar-refractivity contribution in [1.29, 1.82) is 0 Å². The number of nitrogens with zero attached hydrogens (tertiary/aromatic N) is 5. The van der Waals surface area contributed by atoms with Gasteiger partial charge in [-0.05, 0) is 24.1 Å². The first-order chi connectivity index (χ1) is 16.7. The molecule has 0 fully saturated rings. The number of ether oxygens (including phenoxy) is 2. The number of carbonyl (C=O) groups is 1. The molecule has 12 heteroatoms. The van der Waals surface area contributed by atoms with Gasteiger partial charge in [-0.25, -0.2) is 0 Å². The Balaban J connectivity index is 1.61. The number of aryl methyl sites for hydroxylation is 1. The molecule has 4 aromatic rings. The predicted molar refractivity (Wildman–Crippen MR) is 120 cm³/mol. The average molecular weight is 486 g/mol. The number of alkyl halides is 3. The monoisotopic (exact) mass is 486 g/mol. The molecule has 3 heterocycles. The number of carbonyl (C=O) groups excluding carboxylic acids is 1. The largest absolute Gasteiger partial charge is 0.470 e. The van der Waals surface area contributed by atoms with Crippen molar-refractivity contribution in [2.75, 3.05) is 13.7 Å². The minimum absolute atomic E-state index is 0.0250. The molecule has 1 aromatic carbocycles. The van der Waals surface area contributed by atoms with Crippen molar-refractivity contribution in [3.63, 3.8) is 0 Å². The van der Waals surface area contributed by atoms with Crippen LogP contribution in [-0.4, -0.2) is 50.5 Å². The van der Waals surface area contributed by atoms with Gasteiger partial charge < -0.3 is 15.2 Å². The van der Waals surface area contributed by atoms with E-state index in [-0.39, 0.29) is 42.8 Å². The van der Waals surface area contributed by atoms with Crippen LogP contribution in [0.1, 0.15) is 23.5 Å². The summed E-state index contributed by atoms with van der Waals surface area (Å²) >= 11 is 0. The van der Waals surface area contributed by atoms with Gasteiger partial charge in [0.25, 0.3) is 0 Å².